The SMILES string of the molecule is CN=C(NCCCOc1cccc(OC)c1)N1CCC(CN2CCCC2)C1.I. The molecule has 0 bridgehead atoms. The molecule has 0 saturated carbocycles. The monoisotopic (exact) mass is 502 g/mol. The molecular weight excluding hydrogens is 467 g/mol. The molecule has 1 unspecified atom stereocenters. The standard InChI is InChI=1S/C21H34N4O2.HI/c1-22-21(25-13-9-18(17-25)16-24-11-3-4-12-24)23-10-6-14-27-20-8-5-7-19(15-20)26-2;/h5,7-8,15,18H,3-4,6,9-14,16-17H2,1-2H3,(H,22,23);1H. The number of hydrogen-bond acceptors (Lipinski definition) is 4. The second-order valence-electron chi connectivity index (χ2n) is 7.46. The first-order chi connectivity index (χ1) is 13.3. The van der Waals surface area contributed by atoms with Crippen LogP contribution in [0.4, 0.5) is 0 Å². The third-order valence-electron chi connectivity index (χ3n) is 5.43. The number of nitrogens with zero attached hydrogens (tertiary/aromatic N) is 3. The van der Waals surface area contributed by atoms with Gasteiger partial charge in [0.25, 0.3) is 0 Å². The molecule has 1 aromatic carbocycles. The molecule has 28 heavy (non-hydrogen) atoms. The number of hydrogen-bond donors (Lipinski definition) is 1. The number of benzene rings is 1. The fraction of sp³-hybridized carbons (Fsp3) is 0.667. The van der Waals surface area contributed by atoms with Gasteiger partial charge in [-0.15, -0.1) is 24.0 Å². The molecule has 3 rings (SSSR count). The molecule has 1 atom stereocenters. The average molecular weight is 502 g/mol. The molecule has 2 aliphatic heterocycles. The van der Waals surface area contributed by atoms with Gasteiger partial charge in [0.05, 0.1) is 13.7 Å². The Labute approximate surface area is 186 Å². The van der Waals surface area contributed by atoms with E-state index in [1.54, 1.807) is 7.11 Å². The summed E-state index contributed by atoms with van der Waals surface area (Å²) in [6.07, 6.45) is 4.95. The van der Waals surface area contributed by atoms with Crippen LogP contribution in [-0.4, -0.2) is 75.8 Å². The van der Waals surface area contributed by atoms with E-state index in [1.165, 1.54) is 38.9 Å². The summed E-state index contributed by atoms with van der Waals surface area (Å²) < 4.78 is 11.0. The predicted octanol–water partition coefficient (Wildman–Crippen LogP) is 3.08. The van der Waals surface area contributed by atoms with Crippen molar-refractivity contribution < 1.29 is 9.47 Å². The Morgan fingerprint density at radius 3 is 2.75 bits per heavy atom. The summed E-state index contributed by atoms with van der Waals surface area (Å²) in [4.78, 5) is 9.51. The number of likely N-dealkylation sites (tertiary alicyclic amines) is 2. The van der Waals surface area contributed by atoms with Crippen molar-refractivity contribution in [3.63, 3.8) is 0 Å². The molecule has 0 spiro atoms. The van der Waals surface area contributed by atoms with E-state index in [9.17, 15) is 0 Å². The maximum Gasteiger partial charge on any atom is 0.193 e. The van der Waals surface area contributed by atoms with Crippen LogP contribution in [0.15, 0.2) is 29.3 Å². The summed E-state index contributed by atoms with van der Waals surface area (Å²) in [7, 11) is 3.55. The maximum absolute atomic E-state index is 5.80. The number of rotatable bonds is 8. The largest absolute Gasteiger partial charge is 0.497 e. The molecule has 1 aromatic rings. The van der Waals surface area contributed by atoms with Crippen LogP contribution in [0.3, 0.4) is 0 Å². The van der Waals surface area contributed by atoms with Gasteiger partial charge in [0, 0.05) is 39.3 Å². The van der Waals surface area contributed by atoms with Crippen molar-refractivity contribution in [1.82, 2.24) is 15.1 Å². The Kier molecular flexibility index (Phi) is 10.2. The van der Waals surface area contributed by atoms with Crippen LogP contribution in [0, 0.1) is 5.92 Å². The number of nitrogens with one attached hydrogen (secondary N) is 1. The van der Waals surface area contributed by atoms with Crippen LogP contribution in [-0.2, 0) is 0 Å². The van der Waals surface area contributed by atoms with Crippen molar-refractivity contribution in [2.45, 2.75) is 25.7 Å². The first kappa shape index (κ1) is 23.1. The van der Waals surface area contributed by atoms with Gasteiger partial charge < -0.3 is 24.6 Å². The quantitative estimate of drug-likeness (QED) is 0.256. The van der Waals surface area contributed by atoms with E-state index in [2.05, 4.69) is 20.1 Å². The normalized spacial score (nSPS) is 20.1. The second-order valence-corrected chi connectivity index (χ2v) is 7.46. The third kappa shape index (κ3) is 6.99. The first-order valence-corrected chi connectivity index (χ1v) is 10.2. The molecule has 2 fully saturated rings. The summed E-state index contributed by atoms with van der Waals surface area (Å²) in [5, 5.41) is 3.49. The zero-order valence-electron chi connectivity index (χ0n) is 17.2. The lowest BCUT2D eigenvalue weighted by molar-refractivity contribution is 0.280. The molecule has 2 saturated heterocycles. The molecule has 6 nitrogen and oxygen atoms in total. The zero-order valence-corrected chi connectivity index (χ0v) is 19.6. The molecular formula is C21H35IN4O2. The average Bonchev–Trinajstić information content (AvgIpc) is 3.37. The smallest absolute Gasteiger partial charge is 0.193 e. The minimum Gasteiger partial charge on any atom is -0.497 e. The van der Waals surface area contributed by atoms with E-state index in [-0.39, 0.29) is 24.0 Å². The van der Waals surface area contributed by atoms with Gasteiger partial charge in [0.1, 0.15) is 11.5 Å². The van der Waals surface area contributed by atoms with Crippen molar-refractivity contribution in [3.05, 3.63) is 24.3 Å². The van der Waals surface area contributed by atoms with Crippen LogP contribution in [0.1, 0.15) is 25.7 Å². The van der Waals surface area contributed by atoms with E-state index in [4.69, 9.17) is 9.47 Å². The first-order valence-electron chi connectivity index (χ1n) is 10.2. The fourth-order valence-electron chi connectivity index (χ4n) is 3.99. The molecule has 0 aromatic heterocycles. The van der Waals surface area contributed by atoms with Gasteiger partial charge >= 0.3 is 0 Å². The minimum atomic E-state index is 0. The number of halogens is 1. The van der Waals surface area contributed by atoms with E-state index in [0.29, 0.717) is 6.61 Å². The van der Waals surface area contributed by atoms with Gasteiger partial charge in [-0.1, -0.05) is 6.07 Å². The van der Waals surface area contributed by atoms with E-state index >= 15 is 0 Å². The number of guanidine groups is 1. The number of aliphatic imine (C=N–C) groups is 1. The Balaban J connectivity index is 0.00000280. The van der Waals surface area contributed by atoms with Crippen molar-refractivity contribution >= 4 is 29.9 Å². The zero-order chi connectivity index (χ0) is 18.9. The van der Waals surface area contributed by atoms with E-state index in [0.717, 1.165) is 49.4 Å². The molecule has 7 heteroatoms. The van der Waals surface area contributed by atoms with Gasteiger partial charge in [-0.2, -0.15) is 0 Å². The van der Waals surface area contributed by atoms with Crippen LogP contribution >= 0.6 is 24.0 Å². The highest BCUT2D eigenvalue weighted by molar-refractivity contribution is 14.0. The molecule has 2 heterocycles. The lowest BCUT2D eigenvalue weighted by atomic mass is 10.1. The van der Waals surface area contributed by atoms with Gasteiger partial charge in [0.15, 0.2) is 5.96 Å². The highest BCUT2D eigenvalue weighted by Gasteiger charge is 2.27. The molecule has 158 valence electrons. The van der Waals surface area contributed by atoms with Crippen LogP contribution in [0.5, 0.6) is 11.5 Å². The Morgan fingerprint density at radius 2 is 2.00 bits per heavy atom. The molecule has 1 N–H and O–H groups in total. The van der Waals surface area contributed by atoms with Crippen molar-refractivity contribution in [1.29, 1.82) is 0 Å². The number of methoxy groups -OCH3 is 1. The van der Waals surface area contributed by atoms with Crippen LogP contribution < -0.4 is 14.8 Å². The summed E-state index contributed by atoms with van der Waals surface area (Å²) in [5.74, 6) is 3.48. The van der Waals surface area contributed by atoms with E-state index < -0.39 is 0 Å². The topological polar surface area (TPSA) is 49.3 Å². The highest BCUT2D eigenvalue weighted by atomic mass is 127. The molecule has 0 amide bonds. The molecule has 0 aliphatic carbocycles. The fourth-order valence-corrected chi connectivity index (χ4v) is 3.99. The van der Waals surface area contributed by atoms with Crippen molar-refractivity contribution in [3.8, 4) is 11.5 Å². The molecule has 0 radical (unpaired) electrons. The van der Waals surface area contributed by atoms with Gasteiger partial charge in [-0.25, -0.2) is 0 Å². The van der Waals surface area contributed by atoms with Crippen molar-refractivity contribution in [2.75, 3.05) is 60.0 Å². The third-order valence-corrected chi connectivity index (χ3v) is 5.43. The van der Waals surface area contributed by atoms with Gasteiger partial charge in [0.2, 0.25) is 0 Å². The summed E-state index contributed by atoms with van der Waals surface area (Å²) in [5.41, 5.74) is 0. The Morgan fingerprint density at radius 1 is 1.21 bits per heavy atom. The van der Waals surface area contributed by atoms with E-state index in [1.807, 2.05) is 31.3 Å². The Bertz CT molecular complexity index is 608. The van der Waals surface area contributed by atoms with Gasteiger partial charge in [-0.05, 0) is 56.8 Å². The second kappa shape index (κ2) is 12.4. The lowest BCUT2D eigenvalue weighted by Gasteiger charge is -2.23. The number of ether oxygens (including phenoxy) is 2. The van der Waals surface area contributed by atoms with Gasteiger partial charge in [-0.3, -0.25) is 4.99 Å². The predicted molar refractivity (Wildman–Crippen MR) is 125 cm³/mol. The highest BCUT2D eigenvalue weighted by Crippen LogP contribution is 2.20. The minimum absolute atomic E-state index is 0. The van der Waals surface area contributed by atoms with Crippen molar-refractivity contribution in [2.24, 2.45) is 10.9 Å². The lowest BCUT2D eigenvalue weighted by Crippen LogP contribution is -2.41. The molecule has 2 aliphatic rings. The Hall–Kier alpha value is -1.22. The van der Waals surface area contributed by atoms with Crippen LogP contribution in [0.25, 0.3) is 0 Å². The summed E-state index contributed by atoms with van der Waals surface area (Å²) in [6, 6.07) is 7.74. The summed E-state index contributed by atoms with van der Waals surface area (Å²) in [6.45, 7) is 7.60. The summed E-state index contributed by atoms with van der Waals surface area (Å²) >= 11 is 0. The maximum atomic E-state index is 5.80. The van der Waals surface area contributed by atoms with Crippen LogP contribution in [0.2, 0.25) is 0 Å².